The van der Waals surface area contributed by atoms with Gasteiger partial charge in [-0.2, -0.15) is 0 Å². The van der Waals surface area contributed by atoms with Gasteiger partial charge in [-0.25, -0.2) is 0 Å². The van der Waals surface area contributed by atoms with Gasteiger partial charge in [0.25, 0.3) is 0 Å². The first-order valence-electron chi connectivity index (χ1n) is 2.53. The molecule has 0 bridgehead atoms. The van der Waals surface area contributed by atoms with Crippen molar-refractivity contribution in [1.29, 1.82) is 0 Å². The summed E-state index contributed by atoms with van der Waals surface area (Å²) in [5, 5.41) is 0. The summed E-state index contributed by atoms with van der Waals surface area (Å²) in [5.41, 5.74) is 6.94. The van der Waals surface area contributed by atoms with Crippen molar-refractivity contribution in [2.24, 2.45) is 5.73 Å². The van der Waals surface area contributed by atoms with Crippen LogP contribution in [0.25, 0.3) is 0 Å². The second-order valence-electron chi connectivity index (χ2n) is 1.68. The lowest BCUT2D eigenvalue weighted by molar-refractivity contribution is 1.36. The molecule has 2 N–H and O–H groups in total. The highest BCUT2D eigenvalue weighted by Crippen LogP contribution is 2.15. The highest BCUT2D eigenvalue weighted by molar-refractivity contribution is 14.1. The first-order chi connectivity index (χ1) is 4.09. The van der Waals surface area contributed by atoms with Crippen molar-refractivity contribution in [1.82, 2.24) is 0 Å². The van der Waals surface area contributed by atoms with E-state index in [1.54, 1.807) is 6.08 Å². The van der Waals surface area contributed by atoms with E-state index in [9.17, 15) is 0 Å². The van der Waals surface area contributed by atoms with Gasteiger partial charge in [0.1, 0.15) is 0 Å². The Labute approximate surface area is 69.5 Å². The summed E-state index contributed by atoms with van der Waals surface area (Å²) in [5.74, 6) is 0. The molecule has 0 radical (unpaired) electrons. The Morgan fingerprint density at radius 3 is 2.11 bits per heavy atom. The molecule has 0 aromatic heterocycles. The zero-order valence-electron chi connectivity index (χ0n) is 5.45. The summed E-state index contributed by atoms with van der Waals surface area (Å²) in [6.45, 7) is 9.16. The first-order valence-corrected chi connectivity index (χ1v) is 3.61. The Balaban J connectivity index is 4.55. The SMILES string of the molecule is C=C/C(C(=C)N)=C(\C)I. The first kappa shape index (κ1) is 8.75. The van der Waals surface area contributed by atoms with Crippen LogP contribution >= 0.6 is 22.6 Å². The number of halogens is 1. The van der Waals surface area contributed by atoms with E-state index in [2.05, 4.69) is 35.7 Å². The molecule has 0 atom stereocenters. The number of rotatable bonds is 2. The number of nitrogens with two attached hydrogens (primary N) is 1. The third-order valence-electron chi connectivity index (χ3n) is 0.921. The van der Waals surface area contributed by atoms with Gasteiger partial charge in [-0.1, -0.05) is 19.2 Å². The highest BCUT2D eigenvalue weighted by Gasteiger charge is 1.94. The molecule has 1 nitrogen and oxygen atoms in total. The van der Waals surface area contributed by atoms with Gasteiger partial charge in [0.05, 0.1) is 0 Å². The van der Waals surface area contributed by atoms with E-state index in [4.69, 9.17) is 5.73 Å². The Morgan fingerprint density at radius 1 is 1.67 bits per heavy atom. The van der Waals surface area contributed by atoms with Crippen LogP contribution in [0.15, 0.2) is 34.1 Å². The zero-order chi connectivity index (χ0) is 7.44. The molecule has 0 rings (SSSR count). The second-order valence-corrected chi connectivity index (χ2v) is 3.29. The van der Waals surface area contributed by atoms with Crippen molar-refractivity contribution in [3.05, 3.63) is 34.1 Å². The predicted molar refractivity (Wildman–Crippen MR) is 50.2 cm³/mol. The third-order valence-corrected chi connectivity index (χ3v) is 1.50. The smallest absolute Gasteiger partial charge is 0.0321 e. The monoisotopic (exact) mass is 235 g/mol. The van der Waals surface area contributed by atoms with Gasteiger partial charge in [0.15, 0.2) is 0 Å². The molecule has 2 heteroatoms. The predicted octanol–water partition coefficient (Wildman–Crippen LogP) is 2.35. The van der Waals surface area contributed by atoms with Crippen molar-refractivity contribution in [2.75, 3.05) is 0 Å². The molecule has 9 heavy (non-hydrogen) atoms. The fourth-order valence-electron chi connectivity index (χ4n) is 0.493. The Kier molecular flexibility index (Phi) is 3.61. The molecule has 0 saturated heterocycles. The Hall–Kier alpha value is -0.250. The largest absolute Gasteiger partial charge is 0.399 e. The molecule has 0 aromatic carbocycles. The van der Waals surface area contributed by atoms with E-state index in [-0.39, 0.29) is 0 Å². The van der Waals surface area contributed by atoms with Crippen molar-refractivity contribution < 1.29 is 0 Å². The minimum atomic E-state index is 0.580. The normalized spacial score (nSPS) is 12.2. The van der Waals surface area contributed by atoms with Gasteiger partial charge in [-0.3, -0.25) is 0 Å². The lowest BCUT2D eigenvalue weighted by Gasteiger charge is -1.99. The summed E-state index contributed by atoms with van der Waals surface area (Å²) < 4.78 is 1.12. The van der Waals surface area contributed by atoms with Gasteiger partial charge in [-0.05, 0) is 33.1 Å². The quantitative estimate of drug-likeness (QED) is 0.577. The van der Waals surface area contributed by atoms with E-state index in [1.165, 1.54) is 0 Å². The van der Waals surface area contributed by atoms with Crippen LogP contribution in [0.1, 0.15) is 6.92 Å². The van der Waals surface area contributed by atoms with Crippen LogP contribution in [0, 0.1) is 0 Å². The Bertz CT molecular complexity index is 164. The average molecular weight is 235 g/mol. The van der Waals surface area contributed by atoms with Crippen LogP contribution in [-0.2, 0) is 0 Å². The molecule has 0 aliphatic carbocycles. The summed E-state index contributed by atoms with van der Waals surface area (Å²) in [4.78, 5) is 0. The maximum Gasteiger partial charge on any atom is 0.0321 e. The molecule has 0 heterocycles. The lowest BCUT2D eigenvalue weighted by Crippen LogP contribution is -1.97. The fraction of sp³-hybridized carbons (Fsp3) is 0.143. The maximum atomic E-state index is 5.42. The number of hydrogen-bond donors (Lipinski definition) is 1. The molecule has 0 amide bonds. The van der Waals surface area contributed by atoms with Crippen molar-refractivity contribution in [3.8, 4) is 0 Å². The molecular weight excluding hydrogens is 225 g/mol. The van der Waals surface area contributed by atoms with E-state index in [0.717, 1.165) is 9.15 Å². The standard InChI is InChI=1S/C7H10IN/c1-4-7(5(2)8)6(3)9/h4H,1,3,9H2,2H3/b7-5-. The molecule has 0 fully saturated rings. The molecule has 0 aliphatic heterocycles. The number of allylic oxidation sites excluding steroid dienone is 2. The molecule has 0 unspecified atom stereocenters. The van der Waals surface area contributed by atoms with Gasteiger partial charge in [-0.15, -0.1) is 0 Å². The van der Waals surface area contributed by atoms with Crippen LogP contribution < -0.4 is 5.73 Å². The van der Waals surface area contributed by atoms with Crippen LogP contribution in [-0.4, -0.2) is 0 Å². The topological polar surface area (TPSA) is 26.0 Å². The minimum absolute atomic E-state index is 0.580. The summed E-state index contributed by atoms with van der Waals surface area (Å²) in [7, 11) is 0. The molecular formula is C7H10IN. The van der Waals surface area contributed by atoms with Crippen molar-refractivity contribution in [2.45, 2.75) is 6.92 Å². The van der Waals surface area contributed by atoms with E-state index >= 15 is 0 Å². The van der Waals surface area contributed by atoms with Crippen LogP contribution in [0.4, 0.5) is 0 Å². The van der Waals surface area contributed by atoms with Gasteiger partial charge < -0.3 is 5.73 Å². The van der Waals surface area contributed by atoms with Crippen molar-refractivity contribution in [3.63, 3.8) is 0 Å². The fourth-order valence-corrected chi connectivity index (χ4v) is 1.06. The third kappa shape index (κ3) is 2.70. The molecule has 0 aromatic rings. The van der Waals surface area contributed by atoms with Gasteiger partial charge >= 0.3 is 0 Å². The maximum absolute atomic E-state index is 5.42. The van der Waals surface area contributed by atoms with Crippen LogP contribution in [0.2, 0.25) is 0 Å². The summed E-state index contributed by atoms with van der Waals surface area (Å²) in [6, 6.07) is 0. The van der Waals surface area contributed by atoms with Crippen LogP contribution in [0.3, 0.4) is 0 Å². The molecule has 0 saturated carbocycles. The summed E-state index contributed by atoms with van der Waals surface area (Å²) in [6.07, 6.45) is 1.71. The van der Waals surface area contributed by atoms with Crippen molar-refractivity contribution >= 4 is 22.6 Å². The average Bonchev–Trinajstić information content (AvgIpc) is 1.64. The Morgan fingerprint density at radius 2 is 2.11 bits per heavy atom. The van der Waals surface area contributed by atoms with Gasteiger partial charge in [0, 0.05) is 11.3 Å². The van der Waals surface area contributed by atoms with E-state index in [1.807, 2.05) is 6.92 Å². The highest BCUT2D eigenvalue weighted by atomic mass is 127. The molecule has 50 valence electrons. The number of hydrogen-bond acceptors (Lipinski definition) is 1. The molecule has 0 spiro atoms. The second kappa shape index (κ2) is 3.71. The zero-order valence-corrected chi connectivity index (χ0v) is 7.60. The summed E-state index contributed by atoms with van der Waals surface area (Å²) >= 11 is 2.19. The lowest BCUT2D eigenvalue weighted by atomic mass is 10.2. The van der Waals surface area contributed by atoms with E-state index < -0.39 is 0 Å². The van der Waals surface area contributed by atoms with Gasteiger partial charge in [0.2, 0.25) is 0 Å². The minimum Gasteiger partial charge on any atom is -0.399 e. The van der Waals surface area contributed by atoms with Crippen LogP contribution in [0.5, 0.6) is 0 Å². The van der Waals surface area contributed by atoms with E-state index in [0.29, 0.717) is 5.70 Å². The molecule has 0 aliphatic rings.